The molecule has 104 valence electrons. The summed E-state index contributed by atoms with van der Waals surface area (Å²) in [4.78, 5) is 7.76. The Kier molecular flexibility index (Phi) is 4.36. The molecule has 0 bridgehead atoms. The molecule has 0 amide bonds. The van der Waals surface area contributed by atoms with Crippen molar-refractivity contribution in [3.63, 3.8) is 0 Å². The van der Waals surface area contributed by atoms with Gasteiger partial charge in [-0.15, -0.1) is 0 Å². The summed E-state index contributed by atoms with van der Waals surface area (Å²) in [6.07, 6.45) is 1.49. The molecular formula is C13H12ClN3O2S. The van der Waals surface area contributed by atoms with E-state index in [1.54, 1.807) is 25.1 Å². The minimum Gasteiger partial charge on any atom is -0.248 e. The lowest BCUT2D eigenvalue weighted by molar-refractivity contribution is 0.609. The van der Waals surface area contributed by atoms with Crippen molar-refractivity contribution < 1.29 is 8.42 Å². The van der Waals surface area contributed by atoms with Crippen molar-refractivity contribution in [1.29, 1.82) is 0 Å². The summed E-state index contributed by atoms with van der Waals surface area (Å²) in [6, 6.07) is 10.6. The van der Waals surface area contributed by atoms with E-state index < -0.39 is 10.0 Å². The quantitative estimate of drug-likeness (QED) is 0.881. The summed E-state index contributed by atoms with van der Waals surface area (Å²) in [7, 11) is -3.68. The zero-order valence-corrected chi connectivity index (χ0v) is 12.2. The smallest absolute Gasteiger partial charge is 0.248 e. The van der Waals surface area contributed by atoms with Crippen LogP contribution in [0.15, 0.2) is 41.8 Å². The van der Waals surface area contributed by atoms with Crippen LogP contribution in [0.5, 0.6) is 0 Å². The average molecular weight is 310 g/mol. The van der Waals surface area contributed by atoms with Crippen LogP contribution in [0.25, 0.3) is 6.08 Å². The molecule has 0 saturated heterocycles. The third kappa shape index (κ3) is 4.32. The summed E-state index contributed by atoms with van der Waals surface area (Å²) in [5.74, 6) is -0.0484. The third-order valence-corrected chi connectivity index (χ3v) is 3.45. The second kappa shape index (κ2) is 6.02. The van der Waals surface area contributed by atoms with Crippen LogP contribution in [-0.4, -0.2) is 18.4 Å². The van der Waals surface area contributed by atoms with Gasteiger partial charge in [-0.05, 0) is 24.6 Å². The molecule has 2 rings (SSSR count). The molecule has 1 heterocycles. The molecule has 0 atom stereocenters. The molecule has 0 aliphatic heterocycles. The van der Waals surface area contributed by atoms with Crippen molar-refractivity contribution in [2.24, 2.45) is 0 Å². The van der Waals surface area contributed by atoms with E-state index in [1.165, 1.54) is 6.08 Å². The number of nitrogens with one attached hydrogen (secondary N) is 1. The van der Waals surface area contributed by atoms with Crippen molar-refractivity contribution in [3.05, 3.63) is 58.2 Å². The average Bonchev–Trinajstić information content (AvgIpc) is 2.36. The maximum atomic E-state index is 11.9. The Morgan fingerprint density at radius 3 is 2.55 bits per heavy atom. The molecule has 1 N–H and O–H groups in total. The monoisotopic (exact) mass is 309 g/mol. The highest BCUT2D eigenvalue weighted by Crippen LogP contribution is 2.12. The second-order valence-corrected chi connectivity index (χ2v) is 5.97. The van der Waals surface area contributed by atoms with Crippen molar-refractivity contribution in [2.75, 3.05) is 4.72 Å². The molecule has 2 aromatic rings. The highest BCUT2D eigenvalue weighted by molar-refractivity contribution is 7.95. The molecule has 0 aliphatic carbocycles. The molecule has 0 unspecified atom stereocenters. The Labute approximate surface area is 122 Å². The molecule has 5 nitrogen and oxygen atoms in total. The summed E-state index contributed by atoms with van der Waals surface area (Å²) in [5.41, 5.74) is 1.36. The van der Waals surface area contributed by atoms with E-state index in [-0.39, 0.29) is 11.1 Å². The normalized spacial score (nSPS) is 11.7. The molecule has 0 radical (unpaired) electrons. The first kappa shape index (κ1) is 14.5. The van der Waals surface area contributed by atoms with Gasteiger partial charge in [0.15, 0.2) is 0 Å². The summed E-state index contributed by atoms with van der Waals surface area (Å²) in [6.45, 7) is 1.70. The summed E-state index contributed by atoms with van der Waals surface area (Å²) >= 11 is 5.75. The minimum atomic E-state index is -3.68. The van der Waals surface area contributed by atoms with Crippen LogP contribution >= 0.6 is 11.6 Å². The van der Waals surface area contributed by atoms with E-state index in [0.29, 0.717) is 5.69 Å². The van der Waals surface area contributed by atoms with E-state index in [0.717, 1.165) is 11.0 Å². The van der Waals surface area contributed by atoms with Gasteiger partial charge in [0.05, 0.1) is 5.41 Å². The fourth-order valence-corrected chi connectivity index (χ4v) is 2.46. The molecule has 7 heteroatoms. The van der Waals surface area contributed by atoms with Gasteiger partial charge >= 0.3 is 0 Å². The molecule has 1 aromatic carbocycles. The van der Waals surface area contributed by atoms with Gasteiger partial charge in [-0.3, -0.25) is 0 Å². The van der Waals surface area contributed by atoms with Crippen molar-refractivity contribution in [1.82, 2.24) is 9.97 Å². The number of nitrogens with zero attached hydrogens (tertiary/aromatic N) is 2. The van der Waals surface area contributed by atoms with E-state index in [2.05, 4.69) is 14.7 Å². The molecule has 1 aromatic heterocycles. The van der Waals surface area contributed by atoms with Gasteiger partial charge < -0.3 is 0 Å². The van der Waals surface area contributed by atoms with Gasteiger partial charge in [-0.2, -0.15) is 0 Å². The van der Waals surface area contributed by atoms with Gasteiger partial charge in [-0.25, -0.2) is 23.1 Å². The summed E-state index contributed by atoms with van der Waals surface area (Å²) < 4.78 is 26.0. The van der Waals surface area contributed by atoms with Crippen LogP contribution < -0.4 is 4.72 Å². The fraction of sp³-hybridized carbons (Fsp3) is 0.0769. The Morgan fingerprint density at radius 2 is 1.90 bits per heavy atom. The van der Waals surface area contributed by atoms with Crippen LogP contribution in [0.1, 0.15) is 11.3 Å². The largest absolute Gasteiger partial charge is 0.257 e. The van der Waals surface area contributed by atoms with Crippen molar-refractivity contribution in [2.45, 2.75) is 6.92 Å². The van der Waals surface area contributed by atoms with Crippen LogP contribution in [0, 0.1) is 6.92 Å². The summed E-state index contributed by atoms with van der Waals surface area (Å²) in [5, 5.41) is 1.24. The van der Waals surface area contributed by atoms with Gasteiger partial charge in [0.25, 0.3) is 10.0 Å². The van der Waals surface area contributed by atoms with Crippen molar-refractivity contribution in [3.8, 4) is 0 Å². The zero-order chi connectivity index (χ0) is 14.6. The van der Waals surface area contributed by atoms with Gasteiger partial charge in [0.1, 0.15) is 5.15 Å². The van der Waals surface area contributed by atoms with E-state index in [1.807, 2.05) is 18.2 Å². The zero-order valence-electron chi connectivity index (χ0n) is 10.6. The molecular weight excluding hydrogens is 298 g/mol. The Morgan fingerprint density at radius 1 is 1.20 bits per heavy atom. The lowest BCUT2D eigenvalue weighted by Crippen LogP contribution is -2.12. The van der Waals surface area contributed by atoms with Gasteiger partial charge in [0.2, 0.25) is 5.95 Å². The first-order chi connectivity index (χ1) is 9.44. The van der Waals surface area contributed by atoms with Gasteiger partial charge in [-0.1, -0.05) is 41.9 Å². The Bertz CT molecular complexity index is 710. The number of hydrogen-bond acceptors (Lipinski definition) is 4. The van der Waals surface area contributed by atoms with Crippen LogP contribution in [0.2, 0.25) is 5.15 Å². The SMILES string of the molecule is Cc1cc(Cl)nc(NS(=O)(=O)/C=C/c2ccccc2)n1. The predicted molar refractivity (Wildman–Crippen MR) is 79.8 cm³/mol. The van der Waals surface area contributed by atoms with Crippen LogP contribution in [0.3, 0.4) is 0 Å². The molecule has 0 fully saturated rings. The number of rotatable bonds is 4. The number of halogens is 1. The number of anilines is 1. The first-order valence-corrected chi connectivity index (χ1v) is 7.64. The number of aromatic nitrogens is 2. The highest BCUT2D eigenvalue weighted by atomic mass is 35.5. The number of benzene rings is 1. The predicted octanol–water partition coefficient (Wildman–Crippen LogP) is 2.85. The number of hydrogen-bond donors (Lipinski definition) is 1. The lowest BCUT2D eigenvalue weighted by atomic mass is 10.2. The fourth-order valence-electron chi connectivity index (χ4n) is 1.47. The standard InChI is InChI=1S/C13H12ClN3O2S/c1-10-9-12(14)16-13(15-10)17-20(18,19)8-7-11-5-3-2-4-6-11/h2-9H,1H3,(H,15,16,17)/b8-7+. The molecule has 0 spiro atoms. The maximum absolute atomic E-state index is 11.9. The molecule has 0 saturated carbocycles. The van der Waals surface area contributed by atoms with Gasteiger partial charge in [0, 0.05) is 5.69 Å². The number of sulfonamides is 1. The van der Waals surface area contributed by atoms with E-state index in [4.69, 9.17) is 11.6 Å². The first-order valence-electron chi connectivity index (χ1n) is 5.72. The maximum Gasteiger partial charge on any atom is 0.257 e. The Balaban J connectivity index is 2.17. The second-order valence-electron chi connectivity index (χ2n) is 4.02. The van der Waals surface area contributed by atoms with Crippen LogP contribution in [0.4, 0.5) is 5.95 Å². The third-order valence-electron chi connectivity index (χ3n) is 2.30. The van der Waals surface area contributed by atoms with E-state index in [9.17, 15) is 8.42 Å². The number of aryl methyl sites for hydroxylation is 1. The van der Waals surface area contributed by atoms with Crippen molar-refractivity contribution >= 4 is 33.6 Å². The highest BCUT2D eigenvalue weighted by Gasteiger charge is 2.09. The topological polar surface area (TPSA) is 72.0 Å². The minimum absolute atomic E-state index is 0.0484. The molecule has 0 aliphatic rings. The Hall–Kier alpha value is -1.92. The molecule has 20 heavy (non-hydrogen) atoms. The van der Waals surface area contributed by atoms with E-state index >= 15 is 0 Å². The van der Waals surface area contributed by atoms with Crippen LogP contribution in [-0.2, 0) is 10.0 Å². The lowest BCUT2D eigenvalue weighted by Gasteiger charge is -2.03.